The number of imide groups is 1. The van der Waals surface area contributed by atoms with Crippen molar-refractivity contribution in [3.63, 3.8) is 0 Å². The van der Waals surface area contributed by atoms with E-state index in [0.29, 0.717) is 11.4 Å². The lowest BCUT2D eigenvalue weighted by molar-refractivity contribution is 0.0734. The zero-order valence-electron chi connectivity index (χ0n) is 22.4. The van der Waals surface area contributed by atoms with Crippen molar-refractivity contribution in [2.45, 2.75) is 20.8 Å². The Balaban J connectivity index is 1.23. The highest BCUT2D eigenvalue weighted by molar-refractivity contribution is 6.35. The molecule has 0 saturated heterocycles. The summed E-state index contributed by atoms with van der Waals surface area (Å²) in [6.07, 6.45) is 1.21. The van der Waals surface area contributed by atoms with Gasteiger partial charge in [0.25, 0.3) is 11.8 Å². The lowest BCUT2D eigenvalue weighted by Gasteiger charge is -2.17. The van der Waals surface area contributed by atoms with Crippen LogP contribution in [0, 0.1) is 20.8 Å². The Bertz CT molecular complexity index is 1950. The monoisotopic (exact) mass is 545 g/mol. The van der Waals surface area contributed by atoms with Crippen LogP contribution in [0.4, 0.5) is 5.69 Å². The van der Waals surface area contributed by atoms with E-state index in [-0.39, 0.29) is 44.6 Å². The first-order chi connectivity index (χ1) is 19.7. The van der Waals surface area contributed by atoms with E-state index < -0.39 is 17.8 Å². The zero-order chi connectivity index (χ0) is 28.8. The fraction of sp³-hybridized carbons (Fsp3) is 0.0909. The number of carbonyl (C=O) groups excluding carboxylic acids is 3. The van der Waals surface area contributed by atoms with Gasteiger partial charge in [0.15, 0.2) is 0 Å². The van der Waals surface area contributed by atoms with Gasteiger partial charge < -0.3 is 13.9 Å². The van der Waals surface area contributed by atoms with E-state index in [4.69, 9.17) is 13.9 Å². The molecule has 0 unspecified atom stereocenters. The molecule has 8 nitrogen and oxygen atoms in total. The summed E-state index contributed by atoms with van der Waals surface area (Å²) in [5.74, 6) is -1.03. The molecule has 8 heteroatoms. The van der Waals surface area contributed by atoms with Gasteiger partial charge in [-0.1, -0.05) is 29.8 Å². The van der Waals surface area contributed by atoms with Crippen LogP contribution >= 0.6 is 0 Å². The van der Waals surface area contributed by atoms with Crippen LogP contribution in [0.25, 0.3) is 11.0 Å². The van der Waals surface area contributed by atoms with Crippen molar-refractivity contribution < 1.29 is 28.3 Å². The van der Waals surface area contributed by atoms with Gasteiger partial charge in [0.1, 0.15) is 23.3 Å². The maximum Gasteiger partial charge on any atom is 0.343 e. The highest BCUT2D eigenvalue weighted by Crippen LogP contribution is 2.32. The lowest BCUT2D eigenvalue weighted by Crippen LogP contribution is -2.30. The van der Waals surface area contributed by atoms with Crippen molar-refractivity contribution >= 4 is 34.4 Å². The second-order valence-corrected chi connectivity index (χ2v) is 9.89. The Morgan fingerprint density at radius 3 is 2.22 bits per heavy atom. The average Bonchev–Trinajstić information content (AvgIpc) is 3.21. The van der Waals surface area contributed by atoms with E-state index in [1.54, 1.807) is 18.2 Å². The maximum atomic E-state index is 13.2. The Morgan fingerprint density at radius 1 is 0.732 bits per heavy atom. The van der Waals surface area contributed by atoms with Gasteiger partial charge in [0.05, 0.1) is 27.8 Å². The molecule has 0 fully saturated rings. The van der Waals surface area contributed by atoms with Crippen molar-refractivity contribution in [3.8, 4) is 17.2 Å². The predicted molar refractivity (Wildman–Crippen MR) is 152 cm³/mol. The molecule has 0 saturated carbocycles. The maximum absolute atomic E-state index is 13.2. The number of benzene rings is 4. The molecule has 41 heavy (non-hydrogen) atoms. The molecule has 5 aromatic rings. The first kappa shape index (κ1) is 25.8. The third-order valence-corrected chi connectivity index (χ3v) is 6.90. The summed E-state index contributed by atoms with van der Waals surface area (Å²) < 4.78 is 16.8. The quantitative estimate of drug-likeness (QED) is 0.141. The van der Waals surface area contributed by atoms with E-state index in [2.05, 4.69) is 0 Å². The third kappa shape index (κ3) is 4.65. The number of ether oxygens (including phenoxy) is 2. The summed E-state index contributed by atoms with van der Waals surface area (Å²) in [5, 5.41) is 0.252. The Morgan fingerprint density at radius 2 is 1.44 bits per heavy atom. The molecule has 1 aromatic heterocycles. The van der Waals surface area contributed by atoms with Crippen LogP contribution in [-0.4, -0.2) is 17.8 Å². The van der Waals surface area contributed by atoms with Crippen LogP contribution in [0.2, 0.25) is 0 Å². The normalized spacial score (nSPS) is 12.5. The summed E-state index contributed by atoms with van der Waals surface area (Å²) in [6.45, 7) is 5.65. The van der Waals surface area contributed by atoms with Crippen molar-refractivity contribution in [1.29, 1.82) is 0 Å². The Labute approximate surface area is 234 Å². The standard InChI is InChI=1S/C33H23NO7/c1-18-5-9-22(10-6-18)40-29-17-39-28-16-23(11-13-25(28)30(29)35)41-33(38)21-8-12-24-26(15-21)32(37)34(31(24)36)27-14-19(2)4-7-20(27)3/h4-17H,1-3H3. The van der Waals surface area contributed by atoms with Crippen LogP contribution in [0.5, 0.6) is 17.2 Å². The number of amides is 2. The topological polar surface area (TPSA) is 103 Å². The van der Waals surface area contributed by atoms with Crippen molar-refractivity contribution in [1.82, 2.24) is 0 Å². The highest BCUT2D eigenvalue weighted by atomic mass is 16.5. The molecule has 0 spiro atoms. The van der Waals surface area contributed by atoms with Crippen molar-refractivity contribution in [3.05, 3.63) is 129 Å². The summed E-state index contributed by atoms with van der Waals surface area (Å²) in [5.41, 5.74) is 3.51. The van der Waals surface area contributed by atoms with E-state index >= 15 is 0 Å². The van der Waals surface area contributed by atoms with Gasteiger partial charge in [0, 0.05) is 6.07 Å². The average molecular weight is 546 g/mol. The van der Waals surface area contributed by atoms with Crippen molar-refractivity contribution in [2.75, 3.05) is 4.90 Å². The Kier molecular flexibility index (Phi) is 6.23. The fourth-order valence-electron chi connectivity index (χ4n) is 4.67. The number of esters is 1. The van der Waals surface area contributed by atoms with Gasteiger partial charge >= 0.3 is 5.97 Å². The van der Waals surface area contributed by atoms with Crippen LogP contribution in [-0.2, 0) is 0 Å². The second-order valence-electron chi connectivity index (χ2n) is 9.89. The molecule has 1 aliphatic rings. The van der Waals surface area contributed by atoms with Gasteiger partial charge in [-0.05, 0) is 80.4 Å². The Hall–Kier alpha value is -5.50. The smallest absolute Gasteiger partial charge is 0.343 e. The summed E-state index contributed by atoms with van der Waals surface area (Å²) >= 11 is 0. The molecule has 1 aliphatic heterocycles. The number of aryl methyl sites for hydroxylation is 3. The number of rotatable bonds is 5. The number of nitrogens with zero attached hydrogens (tertiary/aromatic N) is 1. The molecule has 6 rings (SSSR count). The molecule has 2 amide bonds. The molecule has 0 radical (unpaired) electrons. The minimum Gasteiger partial charge on any atom is -0.460 e. The van der Waals surface area contributed by atoms with Crippen LogP contribution < -0.4 is 19.8 Å². The minimum absolute atomic E-state index is 0.0263. The molecular formula is C33H23NO7. The molecule has 0 aliphatic carbocycles. The summed E-state index contributed by atoms with van der Waals surface area (Å²) in [4.78, 5) is 53.4. The number of hydrogen-bond donors (Lipinski definition) is 0. The first-order valence-electron chi connectivity index (χ1n) is 12.8. The fourth-order valence-corrected chi connectivity index (χ4v) is 4.67. The van der Waals surface area contributed by atoms with Crippen molar-refractivity contribution in [2.24, 2.45) is 0 Å². The van der Waals surface area contributed by atoms with Gasteiger partial charge in [-0.3, -0.25) is 14.4 Å². The lowest BCUT2D eigenvalue weighted by atomic mass is 10.1. The van der Waals surface area contributed by atoms with Gasteiger partial charge in [-0.2, -0.15) is 0 Å². The molecule has 2 heterocycles. The third-order valence-electron chi connectivity index (χ3n) is 6.90. The SMILES string of the molecule is Cc1ccc(Oc2coc3cc(OC(=O)c4ccc5c(c4)C(=O)N(c4cc(C)ccc4C)C5=O)ccc3c2=O)cc1. The van der Waals surface area contributed by atoms with E-state index in [1.807, 2.05) is 45.0 Å². The highest BCUT2D eigenvalue weighted by Gasteiger charge is 2.38. The van der Waals surface area contributed by atoms with Crippen LogP contribution in [0.3, 0.4) is 0 Å². The number of hydrogen-bond acceptors (Lipinski definition) is 7. The van der Waals surface area contributed by atoms with Gasteiger partial charge in [0.2, 0.25) is 11.2 Å². The molecule has 0 atom stereocenters. The van der Waals surface area contributed by atoms with Gasteiger partial charge in [-0.25, -0.2) is 9.69 Å². The molecule has 0 bridgehead atoms. The summed E-state index contributed by atoms with van der Waals surface area (Å²) in [7, 11) is 0. The predicted octanol–water partition coefficient (Wildman–Crippen LogP) is 6.53. The molecule has 202 valence electrons. The van der Waals surface area contributed by atoms with Gasteiger partial charge in [-0.15, -0.1) is 0 Å². The summed E-state index contributed by atoms with van der Waals surface area (Å²) in [6, 6.07) is 21.4. The largest absolute Gasteiger partial charge is 0.460 e. The first-order valence-corrected chi connectivity index (χ1v) is 12.8. The zero-order valence-corrected chi connectivity index (χ0v) is 22.4. The molecule has 0 N–H and O–H groups in total. The van der Waals surface area contributed by atoms with Crippen LogP contribution in [0.15, 0.2) is 94.3 Å². The minimum atomic E-state index is -0.737. The number of carbonyl (C=O) groups is 3. The molecular weight excluding hydrogens is 522 g/mol. The second kappa shape index (κ2) is 9.91. The van der Waals surface area contributed by atoms with E-state index in [9.17, 15) is 19.2 Å². The number of anilines is 1. The number of fused-ring (bicyclic) bond motifs is 2. The van der Waals surface area contributed by atoms with E-state index in [0.717, 1.165) is 21.6 Å². The molecule has 4 aromatic carbocycles. The van der Waals surface area contributed by atoms with Crippen LogP contribution in [0.1, 0.15) is 47.8 Å². The van der Waals surface area contributed by atoms with E-state index in [1.165, 1.54) is 42.7 Å².